The highest BCUT2D eigenvalue weighted by atomic mass is 28.3. The number of ether oxygens (including phenoxy) is 1. The monoisotopic (exact) mass is 258 g/mol. The molecule has 3 heteroatoms. The van der Waals surface area contributed by atoms with Crippen molar-refractivity contribution in [2.75, 3.05) is 6.61 Å². The number of aliphatic hydroxyl groups excluding tert-OH is 1. The molecule has 0 heterocycles. The molecule has 0 aromatic heterocycles. The molecule has 0 aromatic carbocycles. The molecule has 0 amide bonds. The first-order valence-corrected chi connectivity index (χ1v) is 10.6. The van der Waals surface area contributed by atoms with Gasteiger partial charge in [-0.15, -0.1) is 0 Å². The predicted octanol–water partition coefficient (Wildman–Crippen LogP) is 4.19. The molecule has 17 heavy (non-hydrogen) atoms. The Morgan fingerprint density at radius 2 is 1.88 bits per heavy atom. The van der Waals surface area contributed by atoms with E-state index in [1.54, 1.807) is 0 Å². The Morgan fingerprint density at radius 1 is 1.18 bits per heavy atom. The molecule has 0 bridgehead atoms. The predicted molar refractivity (Wildman–Crippen MR) is 78.0 cm³/mol. The van der Waals surface area contributed by atoms with Crippen molar-refractivity contribution in [2.24, 2.45) is 0 Å². The molecular formula is C14H30O2Si. The number of aliphatic hydroxyl groups is 1. The van der Waals surface area contributed by atoms with Crippen LogP contribution < -0.4 is 0 Å². The number of hydrogen-bond donors (Lipinski definition) is 1. The second-order valence-electron chi connectivity index (χ2n) is 5.80. The molecule has 2 nitrogen and oxygen atoms in total. The molecular weight excluding hydrogens is 228 g/mol. The second-order valence-corrected chi connectivity index (χ2v) is 11.4. The fourth-order valence-corrected chi connectivity index (χ4v) is 2.18. The summed E-state index contributed by atoms with van der Waals surface area (Å²) in [7, 11) is -1.02. The van der Waals surface area contributed by atoms with E-state index in [0.717, 1.165) is 38.1 Å². The second kappa shape index (κ2) is 9.86. The molecule has 0 fully saturated rings. The maximum atomic E-state index is 9.62. The van der Waals surface area contributed by atoms with E-state index in [1.165, 1.54) is 0 Å². The van der Waals surface area contributed by atoms with Crippen molar-refractivity contribution in [3.8, 4) is 0 Å². The Balaban J connectivity index is 3.35. The topological polar surface area (TPSA) is 29.5 Å². The van der Waals surface area contributed by atoms with Crippen LogP contribution in [0.3, 0.4) is 0 Å². The third kappa shape index (κ3) is 13.8. The molecule has 1 N–H and O–H groups in total. The minimum atomic E-state index is -1.02. The minimum absolute atomic E-state index is 0.554. The van der Waals surface area contributed by atoms with Crippen molar-refractivity contribution in [3.05, 3.63) is 12.2 Å². The summed E-state index contributed by atoms with van der Waals surface area (Å²) in [6.45, 7) is 9.83. The Labute approximate surface area is 108 Å². The maximum absolute atomic E-state index is 9.62. The van der Waals surface area contributed by atoms with Gasteiger partial charge in [0, 0.05) is 14.7 Å². The van der Waals surface area contributed by atoms with Gasteiger partial charge >= 0.3 is 0 Å². The fourth-order valence-electron chi connectivity index (χ4n) is 1.45. The van der Waals surface area contributed by atoms with Gasteiger partial charge in [0.2, 0.25) is 0 Å². The van der Waals surface area contributed by atoms with Gasteiger partial charge in [-0.2, -0.15) is 0 Å². The van der Waals surface area contributed by atoms with E-state index < -0.39 is 14.4 Å². The number of rotatable bonds is 10. The summed E-state index contributed by atoms with van der Waals surface area (Å²) >= 11 is 0. The molecule has 0 rings (SSSR count). The van der Waals surface area contributed by atoms with E-state index in [4.69, 9.17) is 4.74 Å². The van der Waals surface area contributed by atoms with Crippen LogP contribution in [0.2, 0.25) is 25.7 Å². The molecule has 0 aliphatic rings. The van der Waals surface area contributed by atoms with Crippen LogP contribution in [0.4, 0.5) is 0 Å². The van der Waals surface area contributed by atoms with E-state index in [-0.39, 0.29) is 0 Å². The fraction of sp³-hybridized carbons (Fsp3) is 0.857. The van der Waals surface area contributed by atoms with Crippen LogP contribution in [0.5, 0.6) is 0 Å². The zero-order valence-electron chi connectivity index (χ0n) is 12.0. The molecule has 0 radical (unpaired) electrons. The smallest absolute Gasteiger partial charge is 0.154 e. The summed E-state index contributed by atoms with van der Waals surface area (Å²) in [4.78, 5) is 0. The van der Waals surface area contributed by atoms with Gasteiger partial charge in [-0.1, -0.05) is 38.7 Å². The molecule has 0 aliphatic heterocycles. The molecule has 1 unspecified atom stereocenters. The summed E-state index contributed by atoms with van der Waals surface area (Å²) < 4.78 is 5.42. The molecule has 1 atom stereocenters. The Kier molecular flexibility index (Phi) is 9.79. The molecule has 0 spiro atoms. The van der Waals surface area contributed by atoms with E-state index in [2.05, 4.69) is 38.7 Å². The maximum Gasteiger partial charge on any atom is 0.154 e. The van der Waals surface area contributed by atoms with Gasteiger partial charge in [0.05, 0.1) is 0 Å². The molecule has 0 saturated carbocycles. The number of allylic oxidation sites excluding steroid dienone is 2. The van der Waals surface area contributed by atoms with Crippen molar-refractivity contribution in [1.29, 1.82) is 0 Å². The number of unbranched alkanes of at least 4 members (excludes halogenated alkanes) is 2. The molecule has 0 aromatic rings. The zero-order valence-corrected chi connectivity index (χ0v) is 13.0. The van der Waals surface area contributed by atoms with Crippen LogP contribution in [0.1, 0.15) is 39.0 Å². The Hall–Kier alpha value is -0.123. The lowest BCUT2D eigenvalue weighted by Gasteiger charge is -2.17. The summed E-state index contributed by atoms with van der Waals surface area (Å²) in [5.74, 6) is 0. The quantitative estimate of drug-likeness (QED) is 0.276. The first kappa shape index (κ1) is 16.9. The van der Waals surface area contributed by atoms with Crippen molar-refractivity contribution < 1.29 is 9.84 Å². The molecule has 0 saturated heterocycles. The van der Waals surface area contributed by atoms with Gasteiger partial charge in [0.1, 0.15) is 0 Å². The lowest BCUT2D eigenvalue weighted by Crippen LogP contribution is -2.23. The highest BCUT2D eigenvalue weighted by Crippen LogP contribution is 2.10. The normalized spacial score (nSPS) is 14.4. The zero-order chi connectivity index (χ0) is 13.1. The third-order valence-electron chi connectivity index (χ3n) is 2.64. The summed E-state index contributed by atoms with van der Waals surface area (Å²) in [5, 5.41) is 9.62. The van der Waals surface area contributed by atoms with Gasteiger partial charge in [-0.25, -0.2) is 0 Å². The largest absolute Gasteiger partial charge is 0.368 e. The first-order chi connectivity index (χ1) is 7.95. The van der Waals surface area contributed by atoms with Crippen LogP contribution in [0.25, 0.3) is 0 Å². The van der Waals surface area contributed by atoms with Gasteiger partial charge in [0.25, 0.3) is 0 Å². The lowest BCUT2D eigenvalue weighted by molar-refractivity contribution is -0.0994. The van der Waals surface area contributed by atoms with Crippen molar-refractivity contribution in [1.82, 2.24) is 0 Å². The molecule has 102 valence electrons. The Morgan fingerprint density at radius 3 is 2.47 bits per heavy atom. The van der Waals surface area contributed by atoms with Crippen molar-refractivity contribution in [3.63, 3.8) is 0 Å². The third-order valence-corrected chi connectivity index (χ3v) is 4.34. The number of hydrogen-bond acceptors (Lipinski definition) is 2. The van der Waals surface area contributed by atoms with E-state index in [1.807, 2.05) is 0 Å². The van der Waals surface area contributed by atoms with Gasteiger partial charge in [-0.3, -0.25) is 0 Å². The van der Waals surface area contributed by atoms with Crippen molar-refractivity contribution >= 4 is 8.07 Å². The van der Waals surface area contributed by atoms with Crippen LogP contribution >= 0.6 is 0 Å². The van der Waals surface area contributed by atoms with Crippen LogP contribution in [0, 0.1) is 0 Å². The highest BCUT2D eigenvalue weighted by molar-refractivity contribution is 6.76. The average Bonchev–Trinajstić information content (AvgIpc) is 2.21. The first-order valence-electron chi connectivity index (χ1n) is 6.90. The minimum Gasteiger partial charge on any atom is -0.368 e. The SMILES string of the molecule is CCC=CCCCCC(O)OCC[Si](C)(C)C. The van der Waals surface area contributed by atoms with Crippen LogP contribution in [-0.2, 0) is 4.74 Å². The van der Waals surface area contributed by atoms with Gasteiger partial charge < -0.3 is 9.84 Å². The molecule has 0 aliphatic carbocycles. The van der Waals surface area contributed by atoms with E-state index in [0.29, 0.717) is 6.61 Å². The Bertz CT molecular complexity index is 197. The van der Waals surface area contributed by atoms with Gasteiger partial charge in [-0.05, 0) is 38.1 Å². The average molecular weight is 258 g/mol. The lowest BCUT2D eigenvalue weighted by atomic mass is 10.2. The highest BCUT2D eigenvalue weighted by Gasteiger charge is 2.13. The summed E-state index contributed by atoms with van der Waals surface area (Å²) in [6.07, 6.45) is 9.05. The van der Waals surface area contributed by atoms with Crippen LogP contribution in [0.15, 0.2) is 12.2 Å². The van der Waals surface area contributed by atoms with Crippen molar-refractivity contribution in [2.45, 2.75) is 71.0 Å². The van der Waals surface area contributed by atoms with E-state index >= 15 is 0 Å². The summed E-state index contributed by atoms with van der Waals surface area (Å²) in [5.41, 5.74) is 0. The van der Waals surface area contributed by atoms with Crippen LogP contribution in [-0.4, -0.2) is 26.1 Å². The summed E-state index contributed by atoms with van der Waals surface area (Å²) in [6, 6.07) is 1.13. The standard InChI is InChI=1S/C14H30O2Si/c1-5-6-7-8-9-10-11-14(15)16-12-13-17(2,3)4/h6-7,14-15H,5,8-13H2,1-4H3. The van der Waals surface area contributed by atoms with Gasteiger partial charge in [0.15, 0.2) is 6.29 Å². The van der Waals surface area contributed by atoms with E-state index in [9.17, 15) is 5.11 Å².